The highest BCUT2D eigenvalue weighted by atomic mass is 16.5. The van der Waals surface area contributed by atoms with Crippen LogP contribution in [0.2, 0.25) is 0 Å². The van der Waals surface area contributed by atoms with E-state index in [0.717, 1.165) is 32.2 Å². The molecule has 0 saturated carbocycles. The summed E-state index contributed by atoms with van der Waals surface area (Å²) >= 11 is 0. The number of ether oxygens (including phenoxy) is 1. The first-order chi connectivity index (χ1) is 8.45. The van der Waals surface area contributed by atoms with E-state index in [2.05, 4.69) is 15.5 Å². The summed E-state index contributed by atoms with van der Waals surface area (Å²) in [5.74, 6) is 0.902. The molecule has 0 spiro atoms. The highest BCUT2D eigenvalue weighted by Gasteiger charge is 2.12. The molecule has 0 aromatic carbocycles. The van der Waals surface area contributed by atoms with Gasteiger partial charge in [-0.1, -0.05) is 0 Å². The van der Waals surface area contributed by atoms with E-state index in [-0.39, 0.29) is 0 Å². The molecule has 0 aliphatic carbocycles. The second kappa shape index (κ2) is 8.03. The van der Waals surface area contributed by atoms with Gasteiger partial charge in [0, 0.05) is 13.1 Å². The molecule has 0 aromatic heterocycles. The third-order valence-electron chi connectivity index (χ3n) is 3.82. The zero-order chi connectivity index (χ0) is 11.8. The van der Waals surface area contributed by atoms with Gasteiger partial charge in [0.25, 0.3) is 0 Å². The van der Waals surface area contributed by atoms with Crippen LogP contribution in [0, 0.1) is 5.92 Å². The molecule has 4 nitrogen and oxygen atoms in total. The Labute approximate surface area is 105 Å². The summed E-state index contributed by atoms with van der Waals surface area (Å²) in [6.45, 7) is 10.1. The first-order valence-corrected chi connectivity index (χ1v) is 7.16. The van der Waals surface area contributed by atoms with Crippen LogP contribution in [0.5, 0.6) is 0 Å². The Kier molecular flexibility index (Phi) is 6.27. The van der Waals surface area contributed by atoms with Crippen molar-refractivity contribution < 1.29 is 4.74 Å². The van der Waals surface area contributed by atoms with Gasteiger partial charge in [-0.25, -0.2) is 0 Å². The maximum absolute atomic E-state index is 5.34. The van der Waals surface area contributed by atoms with Gasteiger partial charge in [0.15, 0.2) is 0 Å². The van der Waals surface area contributed by atoms with Crippen LogP contribution in [-0.4, -0.2) is 63.9 Å². The standard InChI is InChI=1S/C13H27N3O/c1(7-16-8-10-17-11-9-16)4-15-12-13-2-5-14-6-3-13/h13-15H,1-12H2. The van der Waals surface area contributed by atoms with Gasteiger partial charge in [-0.05, 0) is 57.9 Å². The molecular formula is C13H27N3O. The van der Waals surface area contributed by atoms with Gasteiger partial charge in [0.1, 0.15) is 0 Å². The van der Waals surface area contributed by atoms with Crippen molar-refractivity contribution in [3.05, 3.63) is 0 Å². The van der Waals surface area contributed by atoms with Crippen molar-refractivity contribution in [1.82, 2.24) is 15.5 Å². The highest BCUT2D eigenvalue weighted by molar-refractivity contribution is 4.70. The van der Waals surface area contributed by atoms with Crippen molar-refractivity contribution in [3.63, 3.8) is 0 Å². The van der Waals surface area contributed by atoms with Gasteiger partial charge in [-0.2, -0.15) is 0 Å². The highest BCUT2D eigenvalue weighted by Crippen LogP contribution is 2.09. The van der Waals surface area contributed by atoms with Crippen molar-refractivity contribution in [1.29, 1.82) is 0 Å². The minimum Gasteiger partial charge on any atom is -0.379 e. The van der Waals surface area contributed by atoms with Gasteiger partial charge >= 0.3 is 0 Å². The van der Waals surface area contributed by atoms with Crippen molar-refractivity contribution in [3.8, 4) is 0 Å². The third-order valence-corrected chi connectivity index (χ3v) is 3.82. The molecule has 0 unspecified atom stereocenters. The number of rotatable bonds is 6. The van der Waals surface area contributed by atoms with Gasteiger partial charge in [-0.3, -0.25) is 4.90 Å². The SMILES string of the molecule is C(CNCC1CCNCC1)CN1CCOCC1. The van der Waals surface area contributed by atoms with Crippen LogP contribution in [0.15, 0.2) is 0 Å². The normalized spacial score (nSPS) is 24.0. The molecule has 2 heterocycles. The molecule has 0 radical (unpaired) electrons. The van der Waals surface area contributed by atoms with Gasteiger partial charge in [0.2, 0.25) is 0 Å². The van der Waals surface area contributed by atoms with Crippen LogP contribution in [-0.2, 0) is 4.74 Å². The lowest BCUT2D eigenvalue weighted by molar-refractivity contribution is 0.0374. The molecule has 100 valence electrons. The predicted octanol–water partition coefficient (Wildman–Crippen LogP) is 0.298. The Balaban J connectivity index is 1.42. The molecule has 4 heteroatoms. The first kappa shape index (κ1) is 13.3. The molecule has 2 rings (SSSR count). The zero-order valence-corrected chi connectivity index (χ0v) is 10.9. The molecule has 0 bridgehead atoms. The first-order valence-electron chi connectivity index (χ1n) is 7.16. The largest absolute Gasteiger partial charge is 0.379 e. The Bertz CT molecular complexity index is 169. The summed E-state index contributed by atoms with van der Waals surface area (Å²) < 4.78 is 5.34. The van der Waals surface area contributed by atoms with Crippen molar-refractivity contribution in [2.75, 3.05) is 59.0 Å². The molecule has 0 aromatic rings. The van der Waals surface area contributed by atoms with E-state index in [1.165, 1.54) is 52.0 Å². The monoisotopic (exact) mass is 241 g/mol. The Morgan fingerprint density at radius 3 is 2.71 bits per heavy atom. The van der Waals surface area contributed by atoms with Gasteiger partial charge < -0.3 is 15.4 Å². The fourth-order valence-corrected chi connectivity index (χ4v) is 2.64. The molecule has 2 fully saturated rings. The number of hydrogen-bond donors (Lipinski definition) is 2. The van der Waals surface area contributed by atoms with Crippen molar-refractivity contribution in [2.45, 2.75) is 19.3 Å². The smallest absolute Gasteiger partial charge is 0.0594 e. The predicted molar refractivity (Wildman–Crippen MR) is 70.3 cm³/mol. The van der Waals surface area contributed by atoms with Crippen LogP contribution in [0.1, 0.15) is 19.3 Å². The number of morpholine rings is 1. The van der Waals surface area contributed by atoms with Crippen LogP contribution >= 0.6 is 0 Å². The molecule has 0 atom stereocenters. The number of hydrogen-bond acceptors (Lipinski definition) is 4. The lowest BCUT2D eigenvalue weighted by Gasteiger charge is -2.27. The topological polar surface area (TPSA) is 36.5 Å². The van der Waals surface area contributed by atoms with E-state index < -0.39 is 0 Å². The maximum atomic E-state index is 5.34. The summed E-state index contributed by atoms with van der Waals surface area (Å²) in [5, 5.41) is 7.02. The van der Waals surface area contributed by atoms with Crippen molar-refractivity contribution >= 4 is 0 Å². The van der Waals surface area contributed by atoms with E-state index in [4.69, 9.17) is 4.74 Å². The lowest BCUT2D eigenvalue weighted by atomic mass is 9.98. The summed E-state index contributed by atoms with van der Waals surface area (Å²) in [6.07, 6.45) is 3.96. The average molecular weight is 241 g/mol. The van der Waals surface area contributed by atoms with Crippen LogP contribution in [0.25, 0.3) is 0 Å². The van der Waals surface area contributed by atoms with E-state index in [1.54, 1.807) is 0 Å². The minimum absolute atomic E-state index is 0.902. The summed E-state index contributed by atoms with van der Waals surface area (Å²) in [7, 11) is 0. The Hall–Kier alpha value is -0.160. The zero-order valence-electron chi connectivity index (χ0n) is 10.9. The van der Waals surface area contributed by atoms with E-state index in [1.807, 2.05) is 0 Å². The van der Waals surface area contributed by atoms with Gasteiger partial charge in [-0.15, -0.1) is 0 Å². The third kappa shape index (κ3) is 5.34. The Morgan fingerprint density at radius 2 is 1.94 bits per heavy atom. The lowest BCUT2D eigenvalue weighted by Crippen LogP contribution is -2.38. The van der Waals surface area contributed by atoms with Crippen LogP contribution in [0.3, 0.4) is 0 Å². The second-order valence-corrected chi connectivity index (χ2v) is 5.21. The number of nitrogens with zero attached hydrogens (tertiary/aromatic N) is 1. The summed E-state index contributed by atoms with van der Waals surface area (Å²) in [4.78, 5) is 2.51. The second-order valence-electron chi connectivity index (χ2n) is 5.21. The number of piperidine rings is 1. The molecule has 2 aliphatic rings. The summed E-state index contributed by atoms with van der Waals surface area (Å²) in [5.41, 5.74) is 0. The molecule has 2 aliphatic heterocycles. The van der Waals surface area contributed by atoms with Crippen LogP contribution in [0.4, 0.5) is 0 Å². The van der Waals surface area contributed by atoms with Gasteiger partial charge in [0.05, 0.1) is 13.2 Å². The van der Waals surface area contributed by atoms with Crippen molar-refractivity contribution in [2.24, 2.45) is 5.92 Å². The van der Waals surface area contributed by atoms with E-state index >= 15 is 0 Å². The molecule has 2 N–H and O–H groups in total. The minimum atomic E-state index is 0.902. The fourth-order valence-electron chi connectivity index (χ4n) is 2.64. The Morgan fingerprint density at radius 1 is 1.18 bits per heavy atom. The molecule has 17 heavy (non-hydrogen) atoms. The number of nitrogens with one attached hydrogen (secondary N) is 2. The molecular weight excluding hydrogens is 214 g/mol. The molecule has 0 amide bonds. The van der Waals surface area contributed by atoms with E-state index in [9.17, 15) is 0 Å². The van der Waals surface area contributed by atoms with E-state index in [0.29, 0.717) is 0 Å². The molecule has 2 saturated heterocycles. The maximum Gasteiger partial charge on any atom is 0.0594 e. The fraction of sp³-hybridized carbons (Fsp3) is 1.00. The van der Waals surface area contributed by atoms with Crippen LogP contribution < -0.4 is 10.6 Å². The summed E-state index contributed by atoms with van der Waals surface area (Å²) in [6, 6.07) is 0. The average Bonchev–Trinajstić information content (AvgIpc) is 2.41. The quantitative estimate of drug-likeness (QED) is 0.656.